The van der Waals surface area contributed by atoms with Gasteiger partial charge in [0.25, 0.3) is 0 Å². The predicted octanol–water partition coefficient (Wildman–Crippen LogP) is 3.84. The van der Waals surface area contributed by atoms with Crippen LogP contribution in [-0.2, 0) is 0 Å². The third-order valence-corrected chi connectivity index (χ3v) is 3.92. The first-order valence-electron chi connectivity index (χ1n) is 7.92. The number of aromatic nitrogens is 2. The van der Waals surface area contributed by atoms with Crippen LogP contribution in [0.3, 0.4) is 0 Å². The Labute approximate surface area is 136 Å². The van der Waals surface area contributed by atoms with Crippen LogP contribution in [0.15, 0.2) is 54.9 Å². The highest BCUT2D eigenvalue weighted by Crippen LogP contribution is 2.22. The Kier molecular flexibility index (Phi) is 4.71. The standard InChI is InChI=1S/C19H21N3O/c1-3-22(12-13-23-18-11-7-4-8-15(18)2)19-16-9-5-6-10-17(16)20-14-21-19/h4-11,14H,3,12-13H2,1-2H3. The van der Waals surface area contributed by atoms with Gasteiger partial charge in [0.05, 0.1) is 12.1 Å². The summed E-state index contributed by atoms with van der Waals surface area (Å²) in [6.07, 6.45) is 1.63. The summed E-state index contributed by atoms with van der Waals surface area (Å²) in [6, 6.07) is 16.2. The second-order valence-corrected chi connectivity index (χ2v) is 5.41. The molecule has 0 atom stereocenters. The van der Waals surface area contributed by atoms with E-state index in [4.69, 9.17) is 4.74 Å². The minimum atomic E-state index is 0.622. The molecular formula is C19H21N3O. The molecule has 1 heterocycles. The van der Waals surface area contributed by atoms with Crippen LogP contribution in [0.5, 0.6) is 5.75 Å². The molecule has 4 nitrogen and oxygen atoms in total. The molecule has 0 unspecified atom stereocenters. The molecule has 0 amide bonds. The molecule has 3 rings (SSSR count). The number of anilines is 1. The maximum Gasteiger partial charge on any atom is 0.139 e. The van der Waals surface area contributed by atoms with E-state index in [0.717, 1.165) is 41.1 Å². The van der Waals surface area contributed by atoms with E-state index >= 15 is 0 Å². The lowest BCUT2D eigenvalue weighted by molar-refractivity contribution is 0.322. The number of nitrogens with zero attached hydrogens (tertiary/aromatic N) is 3. The molecule has 4 heteroatoms. The minimum absolute atomic E-state index is 0.622. The lowest BCUT2D eigenvalue weighted by atomic mass is 10.2. The maximum absolute atomic E-state index is 5.92. The average molecular weight is 307 g/mol. The highest BCUT2D eigenvalue weighted by molar-refractivity contribution is 5.89. The van der Waals surface area contributed by atoms with E-state index in [1.165, 1.54) is 0 Å². The SMILES string of the molecule is CCN(CCOc1ccccc1C)c1ncnc2ccccc12. The molecule has 3 aromatic rings. The van der Waals surface area contributed by atoms with Gasteiger partial charge in [-0.15, -0.1) is 0 Å². The fourth-order valence-corrected chi connectivity index (χ4v) is 2.64. The van der Waals surface area contributed by atoms with Crippen molar-refractivity contribution in [1.29, 1.82) is 0 Å². The fourth-order valence-electron chi connectivity index (χ4n) is 2.64. The first-order valence-corrected chi connectivity index (χ1v) is 7.92. The third-order valence-electron chi connectivity index (χ3n) is 3.92. The van der Waals surface area contributed by atoms with Crippen molar-refractivity contribution in [1.82, 2.24) is 9.97 Å². The summed E-state index contributed by atoms with van der Waals surface area (Å²) in [5.74, 6) is 1.91. The van der Waals surface area contributed by atoms with Crippen molar-refractivity contribution in [3.05, 3.63) is 60.4 Å². The summed E-state index contributed by atoms with van der Waals surface area (Å²) < 4.78 is 5.92. The lowest BCUT2D eigenvalue weighted by Crippen LogP contribution is -2.29. The summed E-state index contributed by atoms with van der Waals surface area (Å²) in [5.41, 5.74) is 2.12. The van der Waals surface area contributed by atoms with Crippen LogP contribution < -0.4 is 9.64 Å². The van der Waals surface area contributed by atoms with Gasteiger partial charge in [-0.25, -0.2) is 9.97 Å². The summed E-state index contributed by atoms with van der Waals surface area (Å²) in [5, 5.41) is 1.08. The first-order chi connectivity index (χ1) is 11.3. The van der Waals surface area contributed by atoms with E-state index in [1.807, 2.05) is 36.4 Å². The van der Waals surface area contributed by atoms with Crippen molar-refractivity contribution in [2.24, 2.45) is 0 Å². The Hall–Kier alpha value is -2.62. The third kappa shape index (κ3) is 3.42. The number of benzene rings is 2. The number of aryl methyl sites for hydroxylation is 1. The molecule has 0 bridgehead atoms. The molecular weight excluding hydrogens is 286 g/mol. The normalized spacial score (nSPS) is 10.7. The number of ether oxygens (including phenoxy) is 1. The zero-order chi connectivity index (χ0) is 16.1. The Morgan fingerprint density at radius 1 is 1.00 bits per heavy atom. The van der Waals surface area contributed by atoms with Gasteiger partial charge >= 0.3 is 0 Å². The quantitative estimate of drug-likeness (QED) is 0.693. The second kappa shape index (κ2) is 7.09. The maximum atomic E-state index is 5.92. The molecule has 0 aliphatic rings. The number of para-hydroxylation sites is 2. The van der Waals surface area contributed by atoms with E-state index in [0.29, 0.717) is 6.61 Å². The van der Waals surface area contributed by atoms with Gasteiger partial charge in [0.15, 0.2) is 0 Å². The molecule has 0 aliphatic carbocycles. The van der Waals surface area contributed by atoms with Crippen LogP contribution in [0.2, 0.25) is 0 Å². The van der Waals surface area contributed by atoms with Gasteiger partial charge in [0.2, 0.25) is 0 Å². The molecule has 0 saturated carbocycles. The molecule has 0 aliphatic heterocycles. The van der Waals surface area contributed by atoms with Crippen molar-refractivity contribution < 1.29 is 4.74 Å². The van der Waals surface area contributed by atoms with Crippen LogP contribution in [0.25, 0.3) is 10.9 Å². The number of fused-ring (bicyclic) bond motifs is 1. The van der Waals surface area contributed by atoms with Crippen LogP contribution in [0.1, 0.15) is 12.5 Å². The van der Waals surface area contributed by atoms with Crippen LogP contribution in [0, 0.1) is 6.92 Å². The van der Waals surface area contributed by atoms with Gasteiger partial charge in [0, 0.05) is 11.9 Å². The number of hydrogen-bond acceptors (Lipinski definition) is 4. The second-order valence-electron chi connectivity index (χ2n) is 5.41. The van der Waals surface area contributed by atoms with Gasteiger partial charge in [-0.05, 0) is 37.6 Å². The summed E-state index contributed by atoms with van der Waals surface area (Å²) in [7, 11) is 0. The van der Waals surface area contributed by atoms with Crippen molar-refractivity contribution in [2.75, 3.05) is 24.6 Å². The van der Waals surface area contributed by atoms with Gasteiger partial charge in [-0.1, -0.05) is 30.3 Å². The van der Waals surface area contributed by atoms with E-state index in [9.17, 15) is 0 Å². The molecule has 2 aromatic carbocycles. The van der Waals surface area contributed by atoms with E-state index in [-0.39, 0.29) is 0 Å². The molecule has 0 saturated heterocycles. The molecule has 0 N–H and O–H groups in total. The van der Waals surface area contributed by atoms with Crippen LogP contribution in [0.4, 0.5) is 5.82 Å². The lowest BCUT2D eigenvalue weighted by Gasteiger charge is -2.23. The molecule has 23 heavy (non-hydrogen) atoms. The largest absolute Gasteiger partial charge is 0.491 e. The number of hydrogen-bond donors (Lipinski definition) is 0. The molecule has 0 spiro atoms. The first kappa shape index (κ1) is 15.3. The monoisotopic (exact) mass is 307 g/mol. The summed E-state index contributed by atoms with van der Waals surface area (Å²) in [4.78, 5) is 11.0. The van der Waals surface area contributed by atoms with E-state index < -0.39 is 0 Å². The topological polar surface area (TPSA) is 38.2 Å². The predicted molar refractivity (Wildman–Crippen MR) is 94.1 cm³/mol. The average Bonchev–Trinajstić information content (AvgIpc) is 2.60. The Morgan fingerprint density at radius 3 is 2.61 bits per heavy atom. The Bertz CT molecular complexity index is 783. The molecule has 1 aromatic heterocycles. The smallest absolute Gasteiger partial charge is 0.139 e. The van der Waals surface area contributed by atoms with E-state index in [2.05, 4.69) is 40.8 Å². The highest BCUT2D eigenvalue weighted by atomic mass is 16.5. The Morgan fingerprint density at radius 2 is 1.78 bits per heavy atom. The van der Waals surface area contributed by atoms with Gasteiger partial charge in [-0.3, -0.25) is 0 Å². The van der Waals surface area contributed by atoms with Crippen molar-refractivity contribution in [3.8, 4) is 5.75 Å². The van der Waals surface area contributed by atoms with Crippen molar-refractivity contribution in [2.45, 2.75) is 13.8 Å². The number of rotatable bonds is 6. The van der Waals surface area contributed by atoms with Gasteiger partial charge in [0.1, 0.15) is 24.5 Å². The zero-order valence-electron chi connectivity index (χ0n) is 13.6. The zero-order valence-corrected chi connectivity index (χ0v) is 13.6. The van der Waals surface area contributed by atoms with Crippen LogP contribution in [-0.4, -0.2) is 29.7 Å². The van der Waals surface area contributed by atoms with Crippen molar-refractivity contribution in [3.63, 3.8) is 0 Å². The van der Waals surface area contributed by atoms with E-state index in [1.54, 1.807) is 6.33 Å². The van der Waals surface area contributed by atoms with Crippen LogP contribution >= 0.6 is 0 Å². The molecule has 0 radical (unpaired) electrons. The Balaban J connectivity index is 1.74. The van der Waals surface area contributed by atoms with Crippen molar-refractivity contribution >= 4 is 16.7 Å². The summed E-state index contributed by atoms with van der Waals surface area (Å²) >= 11 is 0. The molecule has 118 valence electrons. The van der Waals surface area contributed by atoms with Gasteiger partial charge < -0.3 is 9.64 Å². The number of likely N-dealkylation sites (N-methyl/N-ethyl adjacent to an activating group) is 1. The molecule has 0 fully saturated rings. The summed E-state index contributed by atoms with van der Waals surface area (Å²) in [6.45, 7) is 6.47. The fraction of sp³-hybridized carbons (Fsp3) is 0.263. The minimum Gasteiger partial charge on any atom is -0.491 e. The highest BCUT2D eigenvalue weighted by Gasteiger charge is 2.10. The van der Waals surface area contributed by atoms with Gasteiger partial charge in [-0.2, -0.15) is 0 Å².